The van der Waals surface area contributed by atoms with E-state index < -0.39 is 0 Å². The van der Waals surface area contributed by atoms with E-state index >= 15 is 0 Å². The van der Waals surface area contributed by atoms with E-state index in [4.69, 9.17) is 21.0 Å². The number of benzene rings is 2. The average Bonchev–Trinajstić information content (AvgIpc) is 3.47. The van der Waals surface area contributed by atoms with Crippen LogP contribution in [-0.4, -0.2) is 39.1 Å². The number of likely N-dealkylation sites (tertiary alicyclic amines) is 1. The first kappa shape index (κ1) is 21.1. The highest BCUT2D eigenvalue weighted by Crippen LogP contribution is 2.34. The molecule has 0 radical (unpaired) electrons. The molecule has 4 aromatic rings. The number of thiazole rings is 1. The van der Waals surface area contributed by atoms with Gasteiger partial charge >= 0.3 is 0 Å². The molecule has 164 valence electrons. The molecule has 0 spiro atoms. The summed E-state index contributed by atoms with van der Waals surface area (Å²) in [5.74, 6) is 1.70. The van der Waals surface area contributed by atoms with Gasteiger partial charge in [0.25, 0.3) is 0 Å². The van der Waals surface area contributed by atoms with Crippen LogP contribution in [0, 0.1) is 0 Å². The van der Waals surface area contributed by atoms with E-state index in [1.807, 2.05) is 53.4 Å². The van der Waals surface area contributed by atoms with Crippen molar-refractivity contribution in [3.8, 4) is 11.5 Å². The first-order chi connectivity index (χ1) is 15.7. The zero-order valence-electron chi connectivity index (χ0n) is 17.5. The Hall–Kier alpha value is -2.77. The highest BCUT2D eigenvalue weighted by molar-refractivity contribution is 7.18. The molecule has 8 heteroatoms. The zero-order chi connectivity index (χ0) is 21.9. The molecule has 1 amide bonds. The van der Waals surface area contributed by atoms with Crippen LogP contribution < -0.4 is 0 Å². The number of halogens is 1. The van der Waals surface area contributed by atoms with Crippen molar-refractivity contribution in [2.24, 2.45) is 0 Å². The van der Waals surface area contributed by atoms with Gasteiger partial charge in [-0.15, -0.1) is 21.5 Å². The molecule has 0 bridgehead atoms. The van der Waals surface area contributed by atoms with Gasteiger partial charge in [-0.25, -0.2) is 4.98 Å². The predicted octanol–water partition coefficient (Wildman–Crippen LogP) is 5.73. The maximum Gasteiger partial charge on any atom is 0.247 e. The lowest BCUT2D eigenvalue weighted by molar-refractivity contribution is -0.132. The molecule has 0 saturated carbocycles. The predicted molar refractivity (Wildman–Crippen MR) is 126 cm³/mol. The molecule has 3 heterocycles. The lowest BCUT2D eigenvalue weighted by Gasteiger charge is -2.31. The van der Waals surface area contributed by atoms with Crippen molar-refractivity contribution >= 4 is 39.1 Å². The standard InChI is InChI=1S/C24H23ClN4O2S/c25-18-9-10-20-19(15-18)26-24(32-20)17-11-13-29(14-12-17)22(30)8-4-7-21-27-28-23(31-21)16-5-2-1-3-6-16/h1-3,5-6,9-10,15,17H,4,7-8,11-14H2. The van der Waals surface area contributed by atoms with E-state index in [-0.39, 0.29) is 5.91 Å². The summed E-state index contributed by atoms with van der Waals surface area (Å²) in [4.78, 5) is 19.4. The molecule has 1 saturated heterocycles. The highest BCUT2D eigenvalue weighted by Gasteiger charge is 2.25. The third-order valence-corrected chi connectivity index (χ3v) is 7.27. The Morgan fingerprint density at radius 3 is 2.75 bits per heavy atom. The third kappa shape index (κ3) is 4.69. The Bertz CT molecular complexity index is 1220. The van der Waals surface area contributed by atoms with Gasteiger partial charge in [0, 0.05) is 42.4 Å². The van der Waals surface area contributed by atoms with Crippen molar-refractivity contribution in [1.29, 1.82) is 0 Å². The van der Waals surface area contributed by atoms with Gasteiger partial charge in [0.1, 0.15) is 0 Å². The Balaban J connectivity index is 1.10. The molecule has 6 nitrogen and oxygen atoms in total. The van der Waals surface area contributed by atoms with Crippen LogP contribution >= 0.6 is 22.9 Å². The lowest BCUT2D eigenvalue weighted by Crippen LogP contribution is -2.37. The number of nitrogens with zero attached hydrogens (tertiary/aromatic N) is 4. The van der Waals surface area contributed by atoms with Gasteiger partial charge in [0.05, 0.1) is 15.2 Å². The van der Waals surface area contributed by atoms with E-state index in [2.05, 4.69) is 10.2 Å². The van der Waals surface area contributed by atoms with Gasteiger partial charge in [-0.3, -0.25) is 4.79 Å². The van der Waals surface area contributed by atoms with Crippen LogP contribution in [0.15, 0.2) is 52.9 Å². The number of carbonyl (C=O) groups excluding carboxylic acids is 1. The molecule has 0 N–H and O–H groups in total. The molecule has 5 rings (SSSR count). The number of hydrogen-bond donors (Lipinski definition) is 0. The number of hydrogen-bond acceptors (Lipinski definition) is 6. The first-order valence-electron chi connectivity index (χ1n) is 10.9. The summed E-state index contributed by atoms with van der Waals surface area (Å²) in [5.41, 5.74) is 1.87. The average molecular weight is 467 g/mol. The largest absolute Gasteiger partial charge is 0.421 e. The van der Waals surface area contributed by atoms with Gasteiger partial charge < -0.3 is 9.32 Å². The quantitative estimate of drug-likeness (QED) is 0.363. The Labute approximate surface area is 195 Å². The molecule has 1 fully saturated rings. The number of fused-ring (bicyclic) bond motifs is 1. The molecule has 2 aromatic carbocycles. The lowest BCUT2D eigenvalue weighted by atomic mass is 9.97. The summed E-state index contributed by atoms with van der Waals surface area (Å²) >= 11 is 7.82. The normalized spacial score (nSPS) is 14.8. The summed E-state index contributed by atoms with van der Waals surface area (Å²) < 4.78 is 6.90. The van der Waals surface area contributed by atoms with Crippen LogP contribution in [0.4, 0.5) is 0 Å². The van der Waals surface area contributed by atoms with E-state index in [1.54, 1.807) is 11.3 Å². The summed E-state index contributed by atoms with van der Waals surface area (Å²) in [6.07, 6.45) is 3.70. The number of rotatable bonds is 6. The monoisotopic (exact) mass is 466 g/mol. The van der Waals surface area contributed by atoms with Gasteiger partial charge in [-0.1, -0.05) is 29.8 Å². The SMILES string of the molecule is O=C(CCCc1nnc(-c2ccccc2)o1)N1CCC(c2nc3cc(Cl)ccc3s2)CC1. The fourth-order valence-electron chi connectivity index (χ4n) is 4.07. The molecule has 1 aliphatic rings. The Morgan fingerprint density at radius 1 is 1.12 bits per heavy atom. The van der Waals surface area contributed by atoms with Crippen molar-refractivity contribution in [1.82, 2.24) is 20.1 Å². The molecule has 1 aliphatic heterocycles. The second-order valence-corrected chi connectivity index (χ2v) is 9.54. The number of aryl methyl sites for hydroxylation is 1. The summed E-state index contributed by atoms with van der Waals surface area (Å²) in [7, 11) is 0. The first-order valence-corrected chi connectivity index (χ1v) is 12.1. The van der Waals surface area contributed by atoms with Crippen molar-refractivity contribution in [2.75, 3.05) is 13.1 Å². The summed E-state index contributed by atoms with van der Waals surface area (Å²) in [6, 6.07) is 15.6. The molecule has 0 unspecified atom stereocenters. The van der Waals surface area contributed by atoms with Gasteiger partial charge in [-0.05, 0) is 49.6 Å². The zero-order valence-corrected chi connectivity index (χ0v) is 19.1. The summed E-state index contributed by atoms with van der Waals surface area (Å²) in [6.45, 7) is 1.55. The van der Waals surface area contributed by atoms with E-state index in [0.717, 1.165) is 42.0 Å². The molecule has 0 atom stereocenters. The van der Waals surface area contributed by atoms with Crippen LogP contribution in [0.5, 0.6) is 0 Å². The molecule has 0 aliphatic carbocycles. The molecule has 32 heavy (non-hydrogen) atoms. The van der Waals surface area contributed by atoms with Crippen molar-refractivity contribution < 1.29 is 9.21 Å². The second-order valence-electron chi connectivity index (χ2n) is 8.04. The van der Waals surface area contributed by atoms with Gasteiger partial charge in [0.15, 0.2) is 0 Å². The van der Waals surface area contributed by atoms with Gasteiger partial charge in [-0.2, -0.15) is 0 Å². The molecule has 2 aromatic heterocycles. The van der Waals surface area contributed by atoms with Crippen molar-refractivity contribution in [2.45, 2.75) is 38.0 Å². The number of amides is 1. The fraction of sp³-hybridized carbons (Fsp3) is 0.333. The summed E-state index contributed by atoms with van der Waals surface area (Å²) in [5, 5.41) is 10.1. The van der Waals surface area contributed by atoms with E-state index in [9.17, 15) is 4.79 Å². The minimum Gasteiger partial charge on any atom is -0.421 e. The third-order valence-electron chi connectivity index (χ3n) is 5.83. The van der Waals surface area contributed by atoms with Crippen LogP contribution in [0.25, 0.3) is 21.7 Å². The van der Waals surface area contributed by atoms with Crippen LogP contribution in [0.2, 0.25) is 5.02 Å². The minimum absolute atomic E-state index is 0.197. The molecular formula is C24H23ClN4O2S. The number of aromatic nitrogens is 3. The fourth-order valence-corrected chi connectivity index (χ4v) is 5.35. The Kier molecular flexibility index (Phi) is 6.19. The van der Waals surface area contributed by atoms with Crippen LogP contribution in [0.1, 0.15) is 42.5 Å². The van der Waals surface area contributed by atoms with Crippen molar-refractivity contribution in [3.63, 3.8) is 0 Å². The van der Waals surface area contributed by atoms with Crippen LogP contribution in [0.3, 0.4) is 0 Å². The van der Waals surface area contributed by atoms with Crippen LogP contribution in [-0.2, 0) is 11.2 Å². The molecular weight excluding hydrogens is 444 g/mol. The second kappa shape index (κ2) is 9.38. The minimum atomic E-state index is 0.197. The van der Waals surface area contributed by atoms with Gasteiger partial charge in [0.2, 0.25) is 17.7 Å². The maximum absolute atomic E-state index is 12.7. The van der Waals surface area contributed by atoms with E-state index in [1.165, 1.54) is 4.70 Å². The number of piperidine rings is 1. The topological polar surface area (TPSA) is 72.1 Å². The van der Waals surface area contributed by atoms with Crippen molar-refractivity contribution in [3.05, 3.63) is 64.5 Å². The number of carbonyl (C=O) groups is 1. The maximum atomic E-state index is 12.7. The Morgan fingerprint density at radius 2 is 1.94 bits per heavy atom. The highest BCUT2D eigenvalue weighted by atomic mass is 35.5. The smallest absolute Gasteiger partial charge is 0.247 e. The van der Waals surface area contributed by atoms with E-state index in [0.29, 0.717) is 42.0 Å².